The van der Waals surface area contributed by atoms with Gasteiger partial charge in [0.1, 0.15) is 103 Å². The van der Waals surface area contributed by atoms with E-state index in [2.05, 4.69) is 0 Å². The number of ether oxygens (including phenoxy) is 20. The lowest BCUT2D eigenvalue weighted by molar-refractivity contribution is -0.166. The lowest BCUT2D eigenvalue weighted by atomic mass is 9.88. The highest BCUT2D eigenvalue weighted by molar-refractivity contribution is 6.11. The fraction of sp³-hybridized carbons (Fsp3) is 0.369. The smallest absolute Gasteiger partial charge is 0.344 e. The quantitative estimate of drug-likeness (QED) is 0.0104. The summed E-state index contributed by atoms with van der Waals surface area (Å²) in [5.74, 6) is -4.34. The lowest BCUT2D eigenvalue weighted by Gasteiger charge is -2.33. The number of benzene rings is 10. The van der Waals surface area contributed by atoms with E-state index in [4.69, 9.17) is 94.7 Å². The van der Waals surface area contributed by atoms with E-state index in [-0.39, 0.29) is 97.1 Å². The van der Waals surface area contributed by atoms with Crippen LogP contribution in [0.2, 0.25) is 0 Å². The van der Waals surface area contributed by atoms with Gasteiger partial charge in [-0.05, 0) is 128 Å². The van der Waals surface area contributed by atoms with Gasteiger partial charge < -0.3 is 136 Å². The summed E-state index contributed by atoms with van der Waals surface area (Å²) in [6, 6.07) is 73.5. The number of aliphatic hydroxyl groups is 8. The first kappa shape index (κ1) is 117. The van der Waals surface area contributed by atoms with E-state index in [1.165, 1.54) is 84.9 Å². The standard InChI is InChI=1S/C111H124O38/c1-2-111(73-135-57-88(117)54-132-61-97(50-114)147-103(122)70-142-93-42-32-83(33-43-93)108(127)78-22-12-5-13-23-78,75-137-65-99(148-104(123)71-143-94-44-34-84(35-45-94)109(128)79-24-14-6-15-25-79)63-134-53-87(116)52-130-55-89(118)58-145-101(120)68-140-91-38-28-81(29-39-91)106(125)76-18-8-3-9-19-76)74-136-60-96(49-113)138-66-98(62-133-56-90(119)59-146-102(121)69-141-92-40-30-82(31-41-92)107(126)77-20-10-4-11-21-77)139-67-100(64-131-51-86(115)48-112)149-105(124)72-144-95-46-36-85(37-47-95)110(129)80-26-16-7-17-27-80/h3-47,86-90,96-100,112-119H,2,48-75H2,1H3. The molecule has 0 fully saturated rings. The van der Waals surface area contributed by atoms with Crippen LogP contribution in [0, 0.1) is 5.41 Å². The average Bonchev–Trinajstić information content (AvgIpc) is 0.860. The molecule has 11 atom stereocenters. The van der Waals surface area contributed by atoms with E-state index >= 15 is 0 Å². The third-order valence-corrected chi connectivity index (χ3v) is 21.9. The van der Waals surface area contributed by atoms with Gasteiger partial charge in [0.2, 0.25) is 0 Å². The van der Waals surface area contributed by atoms with Crippen molar-refractivity contribution < 1.29 is 184 Å². The van der Waals surface area contributed by atoms with Crippen LogP contribution in [0.5, 0.6) is 28.7 Å². The minimum Gasteiger partial charge on any atom is -0.482 e. The molecule has 0 aliphatic heterocycles. The minimum absolute atomic E-state index is 0.181. The van der Waals surface area contributed by atoms with E-state index in [9.17, 15) is 88.8 Å². The fourth-order valence-electron chi connectivity index (χ4n) is 13.9. The topological polar surface area (TPSA) is 517 Å². The Bertz CT molecular complexity index is 5640. The Morgan fingerprint density at radius 2 is 0.436 bits per heavy atom. The molecule has 10 aromatic carbocycles. The van der Waals surface area contributed by atoms with Crippen LogP contribution in [0.1, 0.15) is 93.0 Å². The molecule has 149 heavy (non-hydrogen) atoms. The molecule has 8 N–H and O–H groups in total. The van der Waals surface area contributed by atoms with Crippen molar-refractivity contribution >= 4 is 58.8 Å². The first-order valence-corrected chi connectivity index (χ1v) is 47.9. The second-order valence-corrected chi connectivity index (χ2v) is 34.1. The second kappa shape index (κ2) is 65.1. The van der Waals surface area contributed by atoms with Crippen molar-refractivity contribution in [2.75, 3.05) is 185 Å². The molecule has 0 radical (unpaired) electrons. The molecular weight excluding hydrogens is 1940 g/mol. The number of hydrogen-bond donors (Lipinski definition) is 8. The lowest BCUT2D eigenvalue weighted by Crippen LogP contribution is -2.41. The summed E-state index contributed by atoms with van der Waals surface area (Å²) in [7, 11) is 0. The van der Waals surface area contributed by atoms with E-state index in [0.717, 1.165) is 0 Å². The van der Waals surface area contributed by atoms with Crippen LogP contribution in [0.15, 0.2) is 273 Å². The predicted molar refractivity (Wildman–Crippen MR) is 531 cm³/mol. The summed E-state index contributed by atoms with van der Waals surface area (Å²) >= 11 is 0. The van der Waals surface area contributed by atoms with Gasteiger partial charge in [0, 0.05) is 61.0 Å². The average molecular weight is 2070 g/mol. The Labute approximate surface area is 860 Å². The van der Waals surface area contributed by atoms with Gasteiger partial charge in [-0.2, -0.15) is 0 Å². The molecule has 0 aliphatic rings. The number of ketones is 5. The first-order chi connectivity index (χ1) is 72.3. The summed E-state index contributed by atoms with van der Waals surface area (Å²) in [6.07, 6.45) is -12.7. The number of carbonyl (C=O) groups is 10. The highest BCUT2D eigenvalue weighted by Gasteiger charge is 2.34. The summed E-state index contributed by atoms with van der Waals surface area (Å²) < 4.78 is 116. The second-order valence-electron chi connectivity index (χ2n) is 34.1. The third kappa shape index (κ3) is 43.1. The minimum atomic E-state index is -1.44. The van der Waals surface area contributed by atoms with Crippen LogP contribution >= 0.6 is 0 Å². The molecule has 0 spiro atoms. The maximum absolute atomic E-state index is 13.8. The van der Waals surface area contributed by atoms with Gasteiger partial charge in [0.05, 0.1) is 139 Å². The van der Waals surface area contributed by atoms with Crippen LogP contribution in [-0.4, -0.2) is 346 Å². The van der Waals surface area contributed by atoms with Crippen molar-refractivity contribution in [1.29, 1.82) is 0 Å². The maximum atomic E-state index is 13.8. The Morgan fingerprint density at radius 1 is 0.221 bits per heavy atom. The number of hydrogen-bond acceptors (Lipinski definition) is 38. The summed E-state index contributed by atoms with van der Waals surface area (Å²) in [5, 5.41) is 85.0. The largest absolute Gasteiger partial charge is 0.482 e. The molecule has 10 rings (SSSR count). The highest BCUT2D eigenvalue weighted by atomic mass is 16.6. The molecule has 0 aromatic heterocycles. The molecule has 0 bridgehead atoms. The molecule has 0 saturated heterocycles. The molecule has 10 aromatic rings. The Balaban J connectivity index is 0.786. The number of rotatable bonds is 74. The van der Waals surface area contributed by atoms with Crippen molar-refractivity contribution in [1.82, 2.24) is 0 Å². The summed E-state index contributed by atoms with van der Waals surface area (Å²) in [5.41, 5.74) is 3.03. The number of esters is 5. The van der Waals surface area contributed by atoms with Crippen molar-refractivity contribution in [3.63, 3.8) is 0 Å². The van der Waals surface area contributed by atoms with E-state index < -0.39 is 248 Å². The first-order valence-electron chi connectivity index (χ1n) is 47.9. The Morgan fingerprint density at radius 3 is 0.732 bits per heavy atom. The van der Waals surface area contributed by atoms with Gasteiger partial charge in [-0.1, -0.05) is 159 Å². The van der Waals surface area contributed by atoms with Crippen LogP contribution < -0.4 is 23.7 Å². The van der Waals surface area contributed by atoms with Crippen LogP contribution in [-0.2, 0) is 95.0 Å². The predicted octanol–water partition coefficient (Wildman–Crippen LogP) is 7.44. The highest BCUT2D eigenvalue weighted by Crippen LogP contribution is 2.28. The van der Waals surface area contributed by atoms with Crippen molar-refractivity contribution in [3.05, 3.63) is 329 Å². The van der Waals surface area contributed by atoms with Gasteiger partial charge in [-0.25, -0.2) is 24.0 Å². The van der Waals surface area contributed by atoms with Gasteiger partial charge >= 0.3 is 29.8 Å². The molecule has 0 saturated carbocycles. The molecule has 38 heteroatoms. The zero-order chi connectivity index (χ0) is 106. The van der Waals surface area contributed by atoms with E-state index in [1.54, 1.807) is 195 Å². The monoisotopic (exact) mass is 2060 g/mol. The van der Waals surface area contributed by atoms with Crippen LogP contribution in [0.3, 0.4) is 0 Å². The van der Waals surface area contributed by atoms with Gasteiger partial charge in [-0.15, -0.1) is 0 Å². The molecule has 0 heterocycles. The Kier molecular flexibility index (Phi) is 51.2. The third-order valence-electron chi connectivity index (χ3n) is 21.9. The maximum Gasteiger partial charge on any atom is 0.344 e. The normalized spacial score (nSPS) is 13.7. The van der Waals surface area contributed by atoms with Crippen LogP contribution in [0.4, 0.5) is 0 Å². The molecule has 796 valence electrons. The number of aliphatic hydroxyl groups excluding tert-OH is 8. The van der Waals surface area contributed by atoms with Crippen molar-refractivity contribution in [2.45, 2.75) is 74.4 Å². The SMILES string of the molecule is CCC(COCC(O)COCC(CO)OC(=O)COc1ccc(C(=O)c2ccccc2)cc1)(COCC(CO)OCC(COCC(O)COC(=O)COc1ccc(C(=O)c2ccccc2)cc1)OCC(COCC(O)CO)OC(=O)COc1ccc(C(=O)c2ccccc2)cc1)COCC(COCC(O)COCC(O)COC(=O)COc1ccc(C(=O)c2ccccc2)cc1)OC(=O)COc1ccc(C(=O)c2ccccc2)cc1. The van der Waals surface area contributed by atoms with Gasteiger partial charge in [-0.3, -0.25) is 24.0 Å². The zero-order valence-corrected chi connectivity index (χ0v) is 82.1. The van der Waals surface area contributed by atoms with E-state index in [0.29, 0.717) is 55.6 Å². The molecular formula is C111H124O38. The Hall–Kier alpha value is -13.8. The van der Waals surface area contributed by atoms with Gasteiger partial charge in [0.25, 0.3) is 0 Å². The summed E-state index contributed by atoms with van der Waals surface area (Å²) in [4.78, 5) is 131. The van der Waals surface area contributed by atoms with E-state index in [1.807, 2.05) is 0 Å². The number of carbonyl (C=O) groups excluding carboxylic acids is 10. The molecule has 0 aliphatic carbocycles. The van der Waals surface area contributed by atoms with Gasteiger partial charge in [0.15, 0.2) is 62.0 Å². The molecule has 0 amide bonds. The molecule has 38 nitrogen and oxygen atoms in total. The molecule has 11 unspecified atom stereocenters. The fourth-order valence-corrected chi connectivity index (χ4v) is 13.9. The van der Waals surface area contributed by atoms with Crippen LogP contribution in [0.25, 0.3) is 0 Å². The van der Waals surface area contributed by atoms with Crippen molar-refractivity contribution in [3.8, 4) is 28.7 Å². The summed E-state index contributed by atoms with van der Waals surface area (Å²) in [6.45, 7) is -11.4. The zero-order valence-electron chi connectivity index (χ0n) is 82.1. The van der Waals surface area contributed by atoms with Crippen molar-refractivity contribution in [2.24, 2.45) is 5.41 Å².